The molecule has 0 aliphatic carbocycles. The molecule has 4 N–H and O–H groups in total. The summed E-state index contributed by atoms with van der Waals surface area (Å²) >= 11 is 0. The molecule has 13 heteroatoms. The van der Waals surface area contributed by atoms with E-state index in [-0.39, 0.29) is 17.5 Å². The Labute approximate surface area is 256 Å². The second-order valence-corrected chi connectivity index (χ2v) is 13.4. The zero-order chi connectivity index (χ0) is 31.3. The second kappa shape index (κ2) is 13.0. The minimum Gasteiger partial charge on any atom is -0.459 e. The summed E-state index contributed by atoms with van der Waals surface area (Å²) in [6.07, 6.45) is 3.55. The summed E-state index contributed by atoms with van der Waals surface area (Å²) in [6.45, 7) is 6.44. The highest BCUT2D eigenvalue weighted by molar-refractivity contribution is 7.89. The van der Waals surface area contributed by atoms with Crippen molar-refractivity contribution in [3.05, 3.63) is 78.5 Å². The number of hydrogen-bond acceptors (Lipinski definition) is 9. The van der Waals surface area contributed by atoms with Crippen LogP contribution in [-0.2, 0) is 19.6 Å². The lowest BCUT2D eigenvalue weighted by molar-refractivity contribution is -0.156. The molecule has 12 nitrogen and oxygen atoms in total. The summed E-state index contributed by atoms with van der Waals surface area (Å²) in [4.78, 5) is 40.2. The summed E-state index contributed by atoms with van der Waals surface area (Å²) < 4.78 is 33.6. The van der Waals surface area contributed by atoms with Gasteiger partial charge in [-0.15, -0.1) is 0 Å². The topological polar surface area (TPSA) is 158 Å². The van der Waals surface area contributed by atoms with Crippen molar-refractivity contribution in [3.8, 4) is 0 Å². The second-order valence-electron chi connectivity index (χ2n) is 11.6. The van der Waals surface area contributed by atoms with Crippen LogP contribution in [0, 0.1) is 0 Å². The Morgan fingerprint density at radius 1 is 1.02 bits per heavy atom. The summed E-state index contributed by atoms with van der Waals surface area (Å²) in [6, 6.07) is 17.7. The van der Waals surface area contributed by atoms with E-state index in [1.807, 2.05) is 24.3 Å². The number of aromatic nitrogens is 3. The zero-order valence-electron chi connectivity index (χ0n) is 24.9. The van der Waals surface area contributed by atoms with Crippen molar-refractivity contribution in [2.45, 2.75) is 56.2 Å². The quantitative estimate of drug-likeness (QED) is 0.195. The number of sulfonamides is 1. The maximum atomic E-state index is 13.0. The molecule has 1 saturated heterocycles. The highest BCUT2D eigenvalue weighted by Crippen LogP contribution is 2.23. The molecule has 3 heterocycles. The molecule has 0 spiro atoms. The summed E-state index contributed by atoms with van der Waals surface area (Å²) in [5, 5.41) is 6.15. The number of H-pyrrole nitrogens is 1. The van der Waals surface area contributed by atoms with E-state index in [4.69, 9.17) is 4.74 Å². The first-order valence-electron chi connectivity index (χ1n) is 14.5. The lowest BCUT2D eigenvalue weighted by Crippen LogP contribution is -2.50. The fourth-order valence-corrected chi connectivity index (χ4v) is 6.12. The number of carbonyl (C=O) groups excluding carboxylic acids is 2. The van der Waals surface area contributed by atoms with E-state index in [9.17, 15) is 18.0 Å². The van der Waals surface area contributed by atoms with Gasteiger partial charge in [0.25, 0.3) is 5.91 Å². The molecule has 2 aromatic carbocycles. The summed E-state index contributed by atoms with van der Waals surface area (Å²) in [5.74, 6) is -0.510. The highest BCUT2D eigenvalue weighted by atomic mass is 32.2. The molecule has 0 bridgehead atoms. The lowest BCUT2D eigenvalue weighted by atomic mass is 10.0. The number of imidazole rings is 1. The van der Waals surface area contributed by atoms with Crippen molar-refractivity contribution in [1.29, 1.82) is 0 Å². The van der Waals surface area contributed by atoms with Crippen LogP contribution < -0.4 is 20.3 Å². The summed E-state index contributed by atoms with van der Waals surface area (Å²) in [5.41, 5.74) is 2.12. The molecule has 2 aromatic heterocycles. The van der Waals surface area contributed by atoms with Crippen molar-refractivity contribution < 1.29 is 22.7 Å². The molecular weight excluding hydrogens is 582 g/mol. The number of nitrogens with one attached hydrogen (secondary N) is 4. The number of benzene rings is 2. The van der Waals surface area contributed by atoms with E-state index in [1.54, 1.807) is 57.3 Å². The molecule has 1 amide bonds. The Hall–Kier alpha value is -4.49. The first-order chi connectivity index (χ1) is 21.0. The average molecular weight is 620 g/mol. The van der Waals surface area contributed by atoms with Crippen LogP contribution in [0.3, 0.4) is 0 Å². The van der Waals surface area contributed by atoms with E-state index in [2.05, 4.69) is 35.2 Å². The smallest absolute Gasteiger partial charge is 0.326 e. The van der Waals surface area contributed by atoms with Crippen LogP contribution in [0.4, 0.5) is 11.6 Å². The predicted molar refractivity (Wildman–Crippen MR) is 168 cm³/mol. The van der Waals surface area contributed by atoms with Gasteiger partial charge >= 0.3 is 5.97 Å². The standard InChI is InChI=1S/C31H37N7O5S/c1-31(2,3)43-29(40)26(37-44(41,42)24-8-5-4-6-9-24)20-33-28(39)21-11-13-23(14-12-21)38-18-15-22(16-19-38)34-30-35-25-10-7-17-32-27(25)36-30/h4-14,17,22,26,37H,15-16,18-20H2,1-3H3,(H,33,39)(H2,32,34,35,36). The highest BCUT2D eigenvalue weighted by Gasteiger charge is 2.30. The fraction of sp³-hybridized carbons (Fsp3) is 0.355. The van der Waals surface area contributed by atoms with Crippen molar-refractivity contribution >= 4 is 44.7 Å². The normalized spacial score (nSPS) is 15.1. The molecule has 1 fully saturated rings. The number of hydrogen-bond donors (Lipinski definition) is 4. The maximum absolute atomic E-state index is 13.0. The van der Waals surface area contributed by atoms with Crippen LogP contribution in [0.25, 0.3) is 11.2 Å². The SMILES string of the molecule is CC(C)(C)OC(=O)C(CNC(=O)c1ccc(N2CCC(Nc3nc4ncccc4[nH]3)CC2)cc1)NS(=O)(=O)c1ccccc1. The minimum atomic E-state index is -4.04. The Kier molecular flexibility index (Phi) is 9.16. The molecule has 1 unspecified atom stereocenters. The molecule has 0 radical (unpaired) electrons. The van der Waals surface area contributed by atoms with Crippen molar-refractivity contribution in [1.82, 2.24) is 25.0 Å². The van der Waals surface area contributed by atoms with Crippen LogP contribution in [-0.4, -0.2) is 72.6 Å². The summed E-state index contributed by atoms with van der Waals surface area (Å²) in [7, 11) is -4.04. The van der Waals surface area contributed by atoms with E-state index < -0.39 is 33.5 Å². The molecule has 4 aromatic rings. The van der Waals surface area contributed by atoms with Gasteiger partial charge < -0.3 is 25.3 Å². The Morgan fingerprint density at radius 2 is 1.73 bits per heavy atom. The maximum Gasteiger partial charge on any atom is 0.326 e. The average Bonchev–Trinajstić information content (AvgIpc) is 3.41. The number of fused-ring (bicyclic) bond motifs is 1. The molecule has 1 aliphatic rings. The predicted octanol–water partition coefficient (Wildman–Crippen LogP) is 3.46. The number of nitrogens with zero attached hydrogens (tertiary/aromatic N) is 3. The molecular formula is C31H37N7O5S. The molecule has 232 valence electrons. The Morgan fingerprint density at radius 3 is 2.39 bits per heavy atom. The molecule has 1 atom stereocenters. The molecule has 0 saturated carbocycles. The van der Waals surface area contributed by atoms with Crippen molar-refractivity contribution in [2.24, 2.45) is 0 Å². The number of rotatable bonds is 10. The van der Waals surface area contributed by atoms with Crippen LogP contribution >= 0.6 is 0 Å². The van der Waals surface area contributed by atoms with Gasteiger partial charge in [-0.1, -0.05) is 18.2 Å². The number of anilines is 2. The van der Waals surface area contributed by atoms with Gasteiger partial charge in [-0.25, -0.2) is 13.4 Å². The van der Waals surface area contributed by atoms with Gasteiger partial charge in [-0.3, -0.25) is 9.59 Å². The first kappa shape index (κ1) is 31.0. The monoisotopic (exact) mass is 619 g/mol. The third-order valence-electron chi connectivity index (χ3n) is 7.10. The van der Waals surface area contributed by atoms with E-state index in [0.29, 0.717) is 17.2 Å². The van der Waals surface area contributed by atoms with Gasteiger partial charge in [0.1, 0.15) is 11.6 Å². The molecule has 5 rings (SSSR count). The van der Waals surface area contributed by atoms with E-state index in [0.717, 1.165) is 37.1 Å². The fourth-order valence-electron chi connectivity index (χ4n) is 4.91. The van der Waals surface area contributed by atoms with Gasteiger partial charge in [0, 0.05) is 43.1 Å². The van der Waals surface area contributed by atoms with E-state index >= 15 is 0 Å². The number of carbonyl (C=O) groups is 2. The van der Waals surface area contributed by atoms with Gasteiger partial charge in [0.2, 0.25) is 16.0 Å². The van der Waals surface area contributed by atoms with Gasteiger partial charge in [-0.05, 0) is 82.1 Å². The zero-order valence-corrected chi connectivity index (χ0v) is 25.7. The molecule has 44 heavy (non-hydrogen) atoms. The lowest BCUT2D eigenvalue weighted by Gasteiger charge is -2.34. The largest absolute Gasteiger partial charge is 0.459 e. The first-order valence-corrected chi connectivity index (χ1v) is 16.0. The number of pyridine rings is 1. The number of piperidine rings is 1. The van der Waals surface area contributed by atoms with Crippen LogP contribution in [0.5, 0.6) is 0 Å². The third kappa shape index (κ3) is 7.91. The van der Waals surface area contributed by atoms with Crippen LogP contribution in [0.1, 0.15) is 44.0 Å². The van der Waals surface area contributed by atoms with Crippen LogP contribution in [0.2, 0.25) is 0 Å². The Balaban J connectivity index is 1.16. The number of aromatic amines is 1. The number of amides is 1. The molecule has 1 aliphatic heterocycles. The number of esters is 1. The minimum absolute atomic E-state index is 0.00196. The van der Waals surface area contributed by atoms with Crippen molar-refractivity contribution in [2.75, 3.05) is 29.9 Å². The third-order valence-corrected chi connectivity index (χ3v) is 8.58. The van der Waals surface area contributed by atoms with Crippen LogP contribution in [0.15, 0.2) is 77.8 Å². The Bertz CT molecular complexity index is 1660. The van der Waals surface area contributed by atoms with E-state index in [1.165, 1.54) is 12.1 Å². The number of ether oxygens (including phenoxy) is 1. The van der Waals surface area contributed by atoms with Gasteiger partial charge in [-0.2, -0.15) is 9.71 Å². The van der Waals surface area contributed by atoms with Crippen molar-refractivity contribution in [3.63, 3.8) is 0 Å². The van der Waals surface area contributed by atoms with Gasteiger partial charge in [0.15, 0.2) is 5.65 Å². The van der Waals surface area contributed by atoms with Gasteiger partial charge in [0.05, 0.1) is 10.4 Å².